The molecule has 6 nitrogen and oxygen atoms in total. The number of hydrogen-bond acceptors (Lipinski definition) is 6. The number of ketones is 1. The quantitative estimate of drug-likeness (QED) is 0.352. The summed E-state index contributed by atoms with van der Waals surface area (Å²) in [5, 5.41) is 11.3. The molecular formula is C28H22N2O4S. The first-order chi connectivity index (χ1) is 17.0. The molecule has 1 amide bonds. The van der Waals surface area contributed by atoms with Crippen LogP contribution in [0.25, 0.3) is 16.3 Å². The van der Waals surface area contributed by atoms with Crippen LogP contribution in [0.15, 0.2) is 90.2 Å². The summed E-state index contributed by atoms with van der Waals surface area (Å²) >= 11 is 1.35. The fourth-order valence-electron chi connectivity index (χ4n) is 4.10. The zero-order valence-corrected chi connectivity index (χ0v) is 20.0. The molecule has 0 radical (unpaired) electrons. The van der Waals surface area contributed by atoms with Crippen molar-refractivity contribution in [1.29, 1.82) is 0 Å². The van der Waals surface area contributed by atoms with Gasteiger partial charge in [-0.2, -0.15) is 0 Å². The van der Waals surface area contributed by atoms with Crippen molar-refractivity contribution in [3.05, 3.63) is 107 Å². The predicted molar refractivity (Wildman–Crippen MR) is 138 cm³/mol. The molecule has 5 rings (SSSR count). The molecule has 174 valence electrons. The number of allylic oxidation sites excluding steroid dienone is 1. The van der Waals surface area contributed by atoms with Crippen LogP contribution in [0, 0.1) is 6.92 Å². The third kappa shape index (κ3) is 4.22. The van der Waals surface area contributed by atoms with Gasteiger partial charge in [-0.25, -0.2) is 4.98 Å². The fraction of sp³-hybridized carbons (Fsp3) is 0.107. The summed E-state index contributed by atoms with van der Waals surface area (Å²) in [5.74, 6) is -1.02. The zero-order valence-electron chi connectivity index (χ0n) is 19.1. The van der Waals surface area contributed by atoms with Crippen molar-refractivity contribution in [3.8, 4) is 5.75 Å². The summed E-state index contributed by atoms with van der Waals surface area (Å²) < 4.78 is 6.19. The van der Waals surface area contributed by atoms with E-state index in [1.54, 1.807) is 37.5 Å². The lowest BCUT2D eigenvalue weighted by Crippen LogP contribution is -2.30. The molecule has 0 saturated heterocycles. The summed E-state index contributed by atoms with van der Waals surface area (Å²) in [4.78, 5) is 32.7. The van der Waals surface area contributed by atoms with Crippen LogP contribution in [-0.4, -0.2) is 28.9 Å². The van der Waals surface area contributed by atoms with Gasteiger partial charge in [-0.15, -0.1) is 0 Å². The minimum atomic E-state index is -0.831. The molecule has 2 heterocycles. The lowest BCUT2D eigenvalue weighted by Gasteiger charge is -2.24. The molecule has 1 aliphatic heterocycles. The second kappa shape index (κ2) is 9.19. The Bertz CT molecular complexity index is 1490. The Kier molecular flexibility index (Phi) is 5.93. The van der Waals surface area contributed by atoms with E-state index >= 15 is 0 Å². The number of fused-ring (bicyclic) bond motifs is 1. The first kappa shape index (κ1) is 22.6. The second-order valence-corrected chi connectivity index (χ2v) is 9.20. The smallest absolute Gasteiger partial charge is 0.296 e. The molecule has 0 aliphatic carbocycles. The van der Waals surface area contributed by atoms with Gasteiger partial charge in [-0.1, -0.05) is 65.9 Å². The summed E-state index contributed by atoms with van der Waals surface area (Å²) in [7, 11) is 1.57. The van der Waals surface area contributed by atoms with Crippen molar-refractivity contribution < 1.29 is 19.4 Å². The highest BCUT2D eigenvalue weighted by atomic mass is 32.1. The van der Waals surface area contributed by atoms with Crippen LogP contribution in [0.2, 0.25) is 0 Å². The molecule has 3 aromatic carbocycles. The number of aryl methyl sites for hydroxylation is 1. The van der Waals surface area contributed by atoms with Gasteiger partial charge in [0.1, 0.15) is 5.75 Å². The van der Waals surface area contributed by atoms with Gasteiger partial charge in [-0.05, 0) is 54.0 Å². The third-order valence-electron chi connectivity index (χ3n) is 5.87. The summed E-state index contributed by atoms with van der Waals surface area (Å²) in [5.41, 5.74) is 3.35. The number of aliphatic hydroxyl groups is 1. The minimum Gasteiger partial charge on any atom is -0.503 e. The maximum atomic E-state index is 13.3. The number of carbonyl (C=O) groups excluding carboxylic acids is 2. The Balaban J connectivity index is 1.60. The fourth-order valence-corrected chi connectivity index (χ4v) is 5.19. The highest BCUT2D eigenvalue weighted by Gasteiger charge is 2.45. The SMILES string of the molecule is COc1ccc(C2C(C(=O)/C=C/c3ccccc3)=C(O)C(=O)N2c2nc3ccc(C)cc3s2)cc1. The van der Waals surface area contributed by atoms with Gasteiger partial charge < -0.3 is 9.84 Å². The van der Waals surface area contributed by atoms with Crippen molar-refractivity contribution in [2.75, 3.05) is 12.0 Å². The summed E-state index contributed by atoms with van der Waals surface area (Å²) in [6.45, 7) is 1.99. The Hall–Kier alpha value is -4.23. The topological polar surface area (TPSA) is 79.7 Å². The number of hydrogen-bond donors (Lipinski definition) is 1. The highest BCUT2D eigenvalue weighted by molar-refractivity contribution is 7.22. The van der Waals surface area contributed by atoms with Crippen molar-refractivity contribution in [3.63, 3.8) is 0 Å². The van der Waals surface area contributed by atoms with Crippen LogP contribution >= 0.6 is 11.3 Å². The number of aromatic nitrogens is 1. The molecule has 0 fully saturated rings. The average Bonchev–Trinajstić information content (AvgIpc) is 3.41. The van der Waals surface area contributed by atoms with Crippen LogP contribution in [0.4, 0.5) is 5.13 Å². The maximum Gasteiger partial charge on any atom is 0.296 e. The largest absolute Gasteiger partial charge is 0.503 e. The Labute approximate surface area is 206 Å². The molecule has 1 N–H and O–H groups in total. The molecule has 0 spiro atoms. The van der Waals surface area contributed by atoms with E-state index in [0.29, 0.717) is 16.4 Å². The molecule has 4 aromatic rings. The molecule has 1 unspecified atom stereocenters. The standard InChI is InChI=1S/C28H22N2O4S/c1-17-8-14-21-23(16-17)35-28(29-21)30-25(19-10-12-20(34-2)13-11-19)24(26(32)27(30)33)22(31)15-9-18-6-4-3-5-7-18/h3-16,25,32H,1-2H3/b15-9+. The van der Waals surface area contributed by atoms with Crippen molar-refractivity contribution in [1.82, 2.24) is 4.98 Å². The number of aliphatic hydroxyl groups excluding tert-OH is 1. The molecule has 1 atom stereocenters. The lowest BCUT2D eigenvalue weighted by molar-refractivity contribution is -0.117. The second-order valence-electron chi connectivity index (χ2n) is 8.19. The third-order valence-corrected chi connectivity index (χ3v) is 6.89. The van der Waals surface area contributed by atoms with E-state index in [1.165, 1.54) is 22.3 Å². The van der Waals surface area contributed by atoms with Crippen LogP contribution in [0.3, 0.4) is 0 Å². The molecule has 35 heavy (non-hydrogen) atoms. The van der Waals surface area contributed by atoms with E-state index in [1.807, 2.05) is 55.5 Å². The molecule has 1 aromatic heterocycles. The normalized spacial score (nSPS) is 16.0. The molecule has 1 aliphatic rings. The molecular weight excluding hydrogens is 460 g/mol. The van der Waals surface area contributed by atoms with Crippen LogP contribution in [0.1, 0.15) is 22.7 Å². The number of carbonyl (C=O) groups is 2. The van der Waals surface area contributed by atoms with Crippen LogP contribution in [-0.2, 0) is 9.59 Å². The van der Waals surface area contributed by atoms with E-state index in [2.05, 4.69) is 4.98 Å². The highest BCUT2D eigenvalue weighted by Crippen LogP contribution is 2.44. The number of thiazole rings is 1. The minimum absolute atomic E-state index is 0.0165. The first-order valence-corrected chi connectivity index (χ1v) is 11.8. The van der Waals surface area contributed by atoms with Gasteiger partial charge in [0.2, 0.25) is 0 Å². The molecule has 7 heteroatoms. The number of nitrogens with zero attached hydrogens (tertiary/aromatic N) is 2. The van der Waals surface area contributed by atoms with Gasteiger partial charge in [0.15, 0.2) is 16.7 Å². The van der Waals surface area contributed by atoms with Gasteiger partial charge >= 0.3 is 0 Å². The van der Waals surface area contributed by atoms with E-state index < -0.39 is 23.5 Å². The average molecular weight is 483 g/mol. The Morgan fingerprint density at radius 1 is 1.09 bits per heavy atom. The van der Waals surface area contributed by atoms with E-state index in [-0.39, 0.29) is 5.57 Å². The number of ether oxygens (including phenoxy) is 1. The number of amides is 1. The number of methoxy groups -OCH3 is 1. The predicted octanol–water partition coefficient (Wildman–Crippen LogP) is 5.80. The van der Waals surface area contributed by atoms with Crippen molar-refractivity contribution >= 4 is 44.5 Å². The van der Waals surface area contributed by atoms with Gasteiger partial charge in [0, 0.05) is 0 Å². The zero-order chi connectivity index (χ0) is 24.5. The van der Waals surface area contributed by atoms with Crippen LogP contribution in [0.5, 0.6) is 5.75 Å². The number of anilines is 1. The van der Waals surface area contributed by atoms with E-state index in [4.69, 9.17) is 4.74 Å². The van der Waals surface area contributed by atoms with Gasteiger partial charge in [0.05, 0.1) is 28.9 Å². The van der Waals surface area contributed by atoms with E-state index in [0.717, 1.165) is 21.3 Å². The first-order valence-electron chi connectivity index (χ1n) is 11.0. The lowest BCUT2D eigenvalue weighted by atomic mass is 9.95. The van der Waals surface area contributed by atoms with Crippen molar-refractivity contribution in [2.24, 2.45) is 0 Å². The Morgan fingerprint density at radius 3 is 2.54 bits per heavy atom. The van der Waals surface area contributed by atoms with Crippen molar-refractivity contribution in [2.45, 2.75) is 13.0 Å². The Morgan fingerprint density at radius 2 is 1.83 bits per heavy atom. The summed E-state index contributed by atoms with van der Waals surface area (Å²) in [6.07, 6.45) is 3.05. The number of benzene rings is 3. The summed E-state index contributed by atoms with van der Waals surface area (Å²) in [6, 6.07) is 21.5. The van der Waals surface area contributed by atoms with Gasteiger partial charge in [-0.3, -0.25) is 14.5 Å². The monoisotopic (exact) mass is 482 g/mol. The van der Waals surface area contributed by atoms with Crippen LogP contribution < -0.4 is 9.64 Å². The van der Waals surface area contributed by atoms with E-state index in [9.17, 15) is 14.7 Å². The maximum absolute atomic E-state index is 13.3. The number of rotatable bonds is 6. The molecule has 0 saturated carbocycles. The molecule has 0 bridgehead atoms. The van der Waals surface area contributed by atoms with Gasteiger partial charge in [0.25, 0.3) is 5.91 Å².